The molecule has 6 heteroatoms. The maximum Gasteiger partial charge on any atom is 0.196 e. The normalized spacial score (nSPS) is 10.5. The van der Waals surface area contributed by atoms with Crippen LogP contribution in [0.3, 0.4) is 0 Å². The van der Waals surface area contributed by atoms with Crippen LogP contribution in [0.15, 0.2) is 23.6 Å². The second-order valence-electron chi connectivity index (χ2n) is 3.20. The second kappa shape index (κ2) is 5.36. The van der Waals surface area contributed by atoms with Gasteiger partial charge in [-0.3, -0.25) is 4.79 Å². The minimum absolute atomic E-state index is 0.0769. The fraction of sp³-hybridized carbons (Fsp3) is 0.0909. The lowest BCUT2D eigenvalue weighted by Crippen LogP contribution is -2.00. The van der Waals surface area contributed by atoms with Crippen molar-refractivity contribution in [1.82, 2.24) is 4.98 Å². The van der Waals surface area contributed by atoms with Gasteiger partial charge in [0.2, 0.25) is 0 Å². The molecule has 0 aliphatic rings. The molecule has 0 aliphatic heterocycles. The average molecular weight is 307 g/mol. The Morgan fingerprint density at radius 1 is 1.35 bits per heavy atom. The molecule has 2 nitrogen and oxygen atoms in total. The van der Waals surface area contributed by atoms with Crippen LogP contribution in [0.2, 0.25) is 10.0 Å². The lowest BCUT2D eigenvalue weighted by molar-refractivity contribution is 0.101. The van der Waals surface area contributed by atoms with Crippen LogP contribution in [0.4, 0.5) is 0 Å². The second-order valence-corrected chi connectivity index (χ2v) is 5.11. The summed E-state index contributed by atoms with van der Waals surface area (Å²) in [5.41, 5.74) is 1.08. The van der Waals surface area contributed by atoms with Crippen LogP contribution >= 0.6 is 46.1 Å². The van der Waals surface area contributed by atoms with E-state index in [9.17, 15) is 4.79 Å². The van der Waals surface area contributed by atoms with Crippen molar-refractivity contribution in [1.29, 1.82) is 0 Å². The lowest BCUT2D eigenvalue weighted by atomic mass is 10.2. The number of hydrogen-bond donors (Lipinski definition) is 0. The summed E-state index contributed by atoms with van der Waals surface area (Å²) in [4.78, 5) is 15.6. The Morgan fingerprint density at radius 3 is 2.82 bits per heavy atom. The van der Waals surface area contributed by atoms with Crippen molar-refractivity contribution in [2.45, 2.75) is 0 Å². The summed E-state index contributed by atoms with van der Waals surface area (Å²) in [7, 11) is 0. The number of Topliss-reactive ketones (excluding diaryl/α,β-unsaturated/α-hetero) is 1. The average Bonchev–Trinajstić information content (AvgIpc) is 2.81. The summed E-state index contributed by atoms with van der Waals surface area (Å²) in [5, 5.41) is 3.22. The van der Waals surface area contributed by atoms with E-state index in [1.54, 1.807) is 17.5 Å². The van der Waals surface area contributed by atoms with Crippen LogP contribution in [0.25, 0.3) is 10.6 Å². The minimum Gasteiger partial charge on any atom is -0.291 e. The predicted octanol–water partition coefficient (Wildman–Crippen LogP) is 4.54. The molecule has 2 aromatic rings. The number of thiazole rings is 1. The monoisotopic (exact) mass is 305 g/mol. The van der Waals surface area contributed by atoms with Gasteiger partial charge in [-0.25, -0.2) is 4.98 Å². The zero-order chi connectivity index (χ0) is 12.4. The number of carbonyl (C=O) groups excluding carboxylic acids is 1. The summed E-state index contributed by atoms with van der Waals surface area (Å²) < 4.78 is 0. The highest BCUT2D eigenvalue weighted by Crippen LogP contribution is 2.34. The van der Waals surface area contributed by atoms with Gasteiger partial charge in [0.05, 0.1) is 15.9 Å². The third-order valence-electron chi connectivity index (χ3n) is 2.09. The van der Waals surface area contributed by atoms with Gasteiger partial charge in [-0.15, -0.1) is 22.9 Å². The molecular formula is C11H6Cl3NOS. The van der Waals surface area contributed by atoms with Crippen LogP contribution in [0.5, 0.6) is 0 Å². The van der Waals surface area contributed by atoms with Gasteiger partial charge in [0.25, 0.3) is 0 Å². The Hall–Kier alpha value is -0.610. The van der Waals surface area contributed by atoms with Crippen molar-refractivity contribution < 1.29 is 4.79 Å². The first kappa shape index (κ1) is 12.8. The van der Waals surface area contributed by atoms with Crippen molar-refractivity contribution in [3.63, 3.8) is 0 Å². The smallest absolute Gasteiger partial charge is 0.196 e. The molecule has 0 N–H and O–H groups in total. The summed E-state index contributed by atoms with van der Waals surface area (Å²) in [6.07, 6.45) is 0. The van der Waals surface area contributed by atoms with Gasteiger partial charge < -0.3 is 0 Å². The van der Waals surface area contributed by atoms with E-state index in [-0.39, 0.29) is 11.7 Å². The molecule has 17 heavy (non-hydrogen) atoms. The summed E-state index contributed by atoms with van der Waals surface area (Å²) in [6, 6.07) is 5.29. The molecule has 0 spiro atoms. The molecule has 0 unspecified atom stereocenters. The van der Waals surface area contributed by atoms with Crippen molar-refractivity contribution in [2.75, 3.05) is 5.88 Å². The molecule has 88 valence electrons. The Morgan fingerprint density at radius 2 is 2.12 bits per heavy atom. The molecule has 0 fully saturated rings. The van der Waals surface area contributed by atoms with Crippen LogP contribution in [-0.2, 0) is 0 Å². The maximum atomic E-state index is 11.4. The van der Waals surface area contributed by atoms with Gasteiger partial charge >= 0.3 is 0 Å². The molecule has 1 aromatic heterocycles. The first-order valence-electron chi connectivity index (χ1n) is 4.62. The molecule has 0 amide bonds. The first-order valence-corrected chi connectivity index (χ1v) is 6.79. The minimum atomic E-state index is -0.202. The van der Waals surface area contributed by atoms with Crippen LogP contribution in [0, 0.1) is 0 Å². The highest BCUT2D eigenvalue weighted by Gasteiger charge is 2.13. The highest BCUT2D eigenvalue weighted by molar-refractivity contribution is 7.13. The predicted molar refractivity (Wildman–Crippen MR) is 72.6 cm³/mol. The number of rotatable bonds is 3. The number of benzene rings is 1. The largest absolute Gasteiger partial charge is 0.291 e. The SMILES string of the molecule is O=C(CCl)c1csc(-c2cccc(Cl)c2Cl)n1. The van der Waals surface area contributed by atoms with E-state index in [4.69, 9.17) is 34.8 Å². The number of nitrogens with zero attached hydrogens (tertiary/aromatic N) is 1. The zero-order valence-electron chi connectivity index (χ0n) is 8.41. The van der Waals surface area contributed by atoms with E-state index < -0.39 is 0 Å². The van der Waals surface area contributed by atoms with Crippen LogP contribution in [0.1, 0.15) is 10.5 Å². The van der Waals surface area contributed by atoms with Crippen molar-refractivity contribution in [2.24, 2.45) is 0 Å². The van der Waals surface area contributed by atoms with E-state index in [2.05, 4.69) is 4.98 Å². The molecule has 0 aliphatic carbocycles. The molecule has 0 bridgehead atoms. The van der Waals surface area contributed by atoms with E-state index in [0.29, 0.717) is 20.7 Å². The summed E-state index contributed by atoms with van der Waals surface area (Å²) in [6.45, 7) is 0. The molecule has 0 saturated carbocycles. The quantitative estimate of drug-likeness (QED) is 0.615. The van der Waals surface area contributed by atoms with E-state index in [1.165, 1.54) is 11.3 Å². The molecule has 0 atom stereocenters. The lowest BCUT2D eigenvalue weighted by Gasteiger charge is -2.01. The Labute approximate surface area is 117 Å². The fourth-order valence-electron chi connectivity index (χ4n) is 1.26. The number of halogens is 3. The van der Waals surface area contributed by atoms with Gasteiger partial charge in [-0.1, -0.05) is 35.3 Å². The van der Waals surface area contributed by atoms with Gasteiger partial charge in [-0.2, -0.15) is 0 Å². The van der Waals surface area contributed by atoms with Crippen LogP contribution in [-0.4, -0.2) is 16.6 Å². The third kappa shape index (κ3) is 2.63. The third-order valence-corrected chi connectivity index (χ3v) is 4.03. The Bertz CT molecular complexity index is 568. The number of aromatic nitrogens is 1. The van der Waals surface area contributed by atoms with Gasteiger partial charge in [0, 0.05) is 10.9 Å². The van der Waals surface area contributed by atoms with Gasteiger partial charge in [0.15, 0.2) is 5.78 Å². The molecule has 1 heterocycles. The van der Waals surface area contributed by atoms with Crippen molar-refractivity contribution in [3.8, 4) is 10.6 Å². The maximum absolute atomic E-state index is 11.4. The molecule has 1 aromatic carbocycles. The number of carbonyl (C=O) groups is 1. The molecule has 0 saturated heterocycles. The van der Waals surface area contributed by atoms with E-state index in [1.807, 2.05) is 6.07 Å². The fourth-order valence-corrected chi connectivity index (χ4v) is 2.70. The van der Waals surface area contributed by atoms with Gasteiger partial charge in [-0.05, 0) is 6.07 Å². The zero-order valence-corrected chi connectivity index (χ0v) is 11.5. The Balaban J connectivity index is 2.44. The number of ketones is 1. The standard InChI is InChI=1S/C11H6Cl3NOS/c12-4-9(16)8-5-17-11(15-8)6-2-1-3-7(13)10(6)14/h1-3,5H,4H2. The highest BCUT2D eigenvalue weighted by atomic mass is 35.5. The number of hydrogen-bond acceptors (Lipinski definition) is 3. The van der Waals surface area contributed by atoms with Crippen molar-refractivity contribution in [3.05, 3.63) is 39.3 Å². The first-order chi connectivity index (χ1) is 8.13. The summed E-state index contributed by atoms with van der Waals surface area (Å²) in [5.74, 6) is -0.278. The molecule has 0 radical (unpaired) electrons. The Kier molecular flexibility index (Phi) is 4.05. The molecular weight excluding hydrogens is 301 g/mol. The summed E-state index contributed by atoms with van der Waals surface area (Å²) >= 11 is 18.8. The van der Waals surface area contributed by atoms with Gasteiger partial charge in [0.1, 0.15) is 10.7 Å². The van der Waals surface area contributed by atoms with E-state index in [0.717, 1.165) is 5.56 Å². The van der Waals surface area contributed by atoms with Crippen LogP contribution < -0.4 is 0 Å². The van der Waals surface area contributed by atoms with E-state index >= 15 is 0 Å². The molecule has 2 rings (SSSR count). The number of alkyl halides is 1. The topological polar surface area (TPSA) is 30.0 Å². The van der Waals surface area contributed by atoms with Crippen molar-refractivity contribution >= 4 is 51.9 Å².